The van der Waals surface area contributed by atoms with Gasteiger partial charge in [-0.05, 0) is 63.1 Å². The van der Waals surface area contributed by atoms with Crippen LogP contribution in [0.25, 0.3) is 0 Å². The number of hydrogen-bond donors (Lipinski definition) is 1. The molecule has 0 spiro atoms. The molecule has 1 amide bonds. The van der Waals surface area contributed by atoms with Crippen LogP contribution in [0.1, 0.15) is 44.9 Å². The molecular formula is C21H29FN2O4S. The Morgan fingerprint density at radius 2 is 2.14 bits per heavy atom. The lowest BCUT2D eigenvalue weighted by molar-refractivity contribution is -0.126. The average Bonchev–Trinajstić information content (AvgIpc) is 2.74. The smallest absolute Gasteiger partial charge is 0.246 e. The van der Waals surface area contributed by atoms with E-state index in [2.05, 4.69) is 11.4 Å². The van der Waals surface area contributed by atoms with E-state index in [1.165, 1.54) is 35.9 Å². The third-order valence-corrected chi connectivity index (χ3v) is 7.52. The minimum atomic E-state index is -3.95. The number of piperidine rings is 1. The molecule has 1 fully saturated rings. The summed E-state index contributed by atoms with van der Waals surface area (Å²) in [6, 6.07) is 3.43. The quantitative estimate of drug-likeness (QED) is 0.682. The number of sulfonamides is 1. The number of methoxy groups -OCH3 is 1. The number of hydrogen-bond acceptors (Lipinski definition) is 4. The number of nitrogens with one attached hydrogen (secondary N) is 1. The molecule has 1 aromatic rings. The van der Waals surface area contributed by atoms with Crippen molar-refractivity contribution >= 4 is 15.9 Å². The second kappa shape index (κ2) is 9.71. The predicted molar refractivity (Wildman–Crippen MR) is 109 cm³/mol. The lowest BCUT2D eigenvalue weighted by Gasteiger charge is -2.31. The molecule has 0 saturated carbocycles. The van der Waals surface area contributed by atoms with Gasteiger partial charge in [-0.3, -0.25) is 4.79 Å². The van der Waals surface area contributed by atoms with E-state index >= 15 is 0 Å². The molecule has 1 saturated heterocycles. The average molecular weight is 425 g/mol. The highest BCUT2D eigenvalue weighted by Gasteiger charge is 2.35. The Morgan fingerprint density at radius 1 is 1.31 bits per heavy atom. The molecule has 160 valence electrons. The van der Waals surface area contributed by atoms with Gasteiger partial charge in [0, 0.05) is 19.6 Å². The van der Waals surface area contributed by atoms with Crippen molar-refractivity contribution < 1.29 is 22.3 Å². The van der Waals surface area contributed by atoms with Crippen molar-refractivity contribution in [2.24, 2.45) is 5.92 Å². The Hall–Kier alpha value is -1.93. The van der Waals surface area contributed by atoms with E-state index in [0.717, 1.165) is 31.4 Å². The van der Waals surface area contributed by atoms with Crippen LogP contribution in [0.3, 0.4) is 0 Å². The summed E-state index contributed by atoms with van der Waals surface area (Å²) in [5, 5.41) is 2.96. The third-order valence-electron chi connectivity index (χ3n) is 5.63. The molecule has 0 bridgehead atoms. The summed E-state index contributed by atoms with van der Waals surface area (Å²) in [6.45, 7) is 0.973. The number of carbonyl (C=O) groups is 1. The van der Waals surface area contributed by atoms with Gasteiger partial charge in [-0.1, -0.05) is 11.6 Å². The van der Waals surface area contributed by atoms with Gasteiger partial charge in [-0.25, -0.2) is 12.8 Å². The van der Waals surface area contributed by atoms with Gasteiger partial charge < -0.3 is 10.1 Å². The van der Waals surface area contributed by atoms with Crippen LogP contribution in [0.15, 0.2) is 34.7 Å². The van der Waals surface area contributed by atoms with Gasteiger partial charge in [0.15, 0.2) is 0 Å². The highest BCUT2D eigenvalue weighted by atomic mass is 32.2. The van der Waals surface area contributed by atoms with Crippen LogP contribution in [-0.2, 0) is 14.8 Å². The maximum Gasteiger partial charge on any atom is 0.246 e. The topological polar surface area (TPSA) is 75.7 Å². The van der Waals surface area contributed by atoms with E-state index in [9.17, 15) is 17.6 Å². The van der Waals surface area contributed by atoms with Crippen molar-refractivity contribution in [2.45, 2.75) is 49.8 Å². The van der Waals surface area contributed by atoms with Gasteiger partial charge in [-0.2, -0.15) is 4.31 Å². The molecular weight excluding hydrogens is 395 g/mol. The summed E-state index contributed by atoms with van der Waals surface area (Å²) < 4.78 is 46.1. The SMILES string of the molecule is COc1ccc(F)cc1S(=O)(=O)N1CCCC(C(=O)NCCC2=CCCCC2)C1. The predicted octanol–water partition coefficient (Wildman–Crippen LogP) is 3.24. The zero-order valence-electron chi connectivity index (χ0n) is 16.8. The lowest BCUT2D eigenvalue weighted by atomic mass is 9.96. The highest BCUT2D eigenvalue weighted by molar-refractivity contribution is 7.89. The minimum Gasteiger partial charge on any atom is -0.495 e. The van der Waals surface area contributed by atoms with Crippen LogP contribution in [-0.4, -0.2) is 45.4 Å². The summed E-state index contributed by atoms with van der Waals surface area (Å²) in [6.07, 6.45) is 8.99. The molecule has 1 unspecified atom stereocenters. The van der Waals surface area contributed by atoms with Gasteiger partial charge in [0.05, 0.1) is 13.0 Å². The summed E-state index contributed by atoms with van der Waals surface area (Å²) >= 11 is 0. The van der Waals surface area contributed by atoms with Gasteiger partial charge in [0.25, 0.3) is 0 Å². The number of allylic oxidation sites excluding steroid dienone is 1. The standard InChI is InChI=1S/C21H29FN2O4S/c1-28-19-10-9-18(22)14-20(19)29(26,27)24-13-5-8-17(15-24)21(25)23-12-11-16-6-3-2-4-7-16/h6,9-10,14,17H,2-5,7-8,11-13,15H2,1H3,(H,23,25). The number of nitrogens with zero attached hydrogens (tertiary/aromatic N) is 1. The Kier molecular flexibility index (Phi) is 7.29. The first-order valence-corrected chi connectivity index (χ1v) is 11.6. The molecule has 3 rings (SSSR count). The number of benzene rings is 1. The molecule has 29 heavy (non-hydrogen) atoms. The Morgan fingerprint density at radius 3 is 2.86 bits per heavy atom. The first-order valence-electron chi connectivity index (χ1n) is 10.2. The molecule has 1 aromatic carbocycles. The maximum absolute atomic E-state index is 13.7. The van der Waals surface area contributed by atoms with Crippen LogP contribution < -0.4 is 10.1 Å². The molecule has 1 aliphatic carbocycles. The molecule has 2 aliphatic rings. The second-order valence-electron chi connectivity index (χ2n) is 7.65. The molecule has 8 heteroatoms. The number of carbonyl (C=O) groups excluding carboxylic acids is 1. The Labute approximate surface area is 172 Å². The van der Waals surface area contributed by atoms with E-state index < -0.39 is 21.8 Å². The van der Waals surface area contributed by atoms with Gasteiger partial charge in [-0.15, -0.1) is 0 Å². The van der Waals surface area contributed by atoms with Gasteiger partial charge in [0.1, 0.15) is 16.5 Å². The summed E-state index contributed by atoms with van der Waals surface area (Å²) in [7, 11) is -2.60. The van der Waals surface area contributed by atoms with Crippen LogP contribution in [0.5, 0.6) is 5.75 Å². The third kappa shape index (κ3) is 5.36. The van der Waals surface area contributed by atoms with Crippen molar-refractivity contribution in [3.63, 3.8) is 0 Å². The van der Waals surface area contributed by atoms with Crippen molar-refractivity contribution in [1.29, 1.82) is 0 Å². The van der Waals surface area contributed by atoms with Crippen LogP contribution in [0.2, 0.25) is 0 Å². The second-order valence-corrected chi connectivity index (χ2v) is 9.55. The number of amides is 1. The zero-order valence-corrected chi connectivity index (χ0v) is 17.6. The summed E-state index contributed by atoms with van der Waals surface area (Å²) in [5.74, 6) is -1.07. The van der Waals surface area contributed by atoms with E-state index in [1.807, 2.05) is 0 Å². The van der Waals surface area contributed by atoms with E-state index in [0.29, 0.717) is 25.9 Å². The van der Waals surface area contributed by atoms with Crippen LogP contribution in [0, 0.1) is 11.7 Å². The fourth-order valence-electron chi connectivity index (χ4n) is 3.99. The fourth-order valence-corrected chi connectivity index (χ4v) is 5.68. The molecule has 6 nitrogen and oxygen atoms in total. The molecule has 1 heterocycles. The molecule has 0 aromatic heterocycles. The molecule has 0 radical (unpaired) electrons. The van der Waals surface area contributed by atoms with E-state index in [1.54, 1.807) is 0 Å². The van der Waals surface area contributed by atoms with Crippen molar-refractivity contribution in [2.75, 3.05) is 26.7 Å². The maximum atomic E-state index is 13.7. The molecule has 1 N–H and O–H groups in total. The van der Waals surface area contributed by atoms with Gasteiger partial charge >= 0.3 is 0 Å². The number of rotatable bonds is 7. The normalized spacial score (nSPS) is 20.8. The summed E-state index contributed by atoms with van der Waals surface area (Å²) in [4.78, 5) is 12.4. The van der Waals surface area contributed by atoms with Crippen molar-refractivity contribution in [3.8, 4) is 5.75 Å². The summed E-state index contributed by atoms with van der Waals surface area (Å²) in [5.41, 5.74) is 1.39. The first-order chi connectivity index (χ1) is 13.9. The Balaban J connectivity index is 1.63. The lowest BCUT2D eigenvalue weighted by Crippen LogP contribution is -2.45. The number of ether oxygens (including phenoxy) is 1. The van der Waals surface area contributed by atoms with Crippen LogP contribution >= 0.6 is 0 Å². The Bertz CT molecular complexity index is 869. The van der Waals surface area contributed by atoms with Gasteiger partial charge in [0.2, 0.25) is 15.9 Å². The minimum absolute atomic E-state index is 0.0938. The van der Waals surface area contributed by atoms with E-state index in [4.69, 9.17) is 4.74 Å². The molecule has 1 atom stereocenters. The highest BCUT2D eigenvalue weighted by Crippen LogP contribution is 2.30. The van der Waals surface area contributed by atoms with Crippen LogP contribution in [0.4, 0.5) is 4.39 Å². The molecule has 1 aliphatic heterocycles. The monoisotopic (exact) mass is 424 g/mol. The zero-order chi connectivity index (χ0) is 20.9. The van der Waals surface area contributed by atoms with Crippen molar-refractivity contribution in [3.05, 3.63) is 35.7 Å². The first kappa shape index (κ1) is 21.8. The number of halogens is 1. The fraction of sp³-hybridized carbons (Fsp3) is 0.571. The van der Waals surface area contributed by atoms with Crippen molar-refractivity contribution in [1.82, 2.24) is 9.62 Å². The van der Waals surface area contributed by atoms with E-state index in [-0.39, 0.29) is 23.1 Å². The largest absolute Gasteiger partial charge is 0.495 e.